The Morgan fingerprint density at radius 1 is 1.04 bits per heavy atom. The van der Waals surface area contributed by atoms with Gasteiger partial charge in [0.15, 0.2) is 5.82 Å². The standard InChI is InChI=1S/C21H24N4O/c1-16-23-21(24-26-16)12-22-20-15-25(13-17-8-4-2-5-9-17)14-19(20)18-10-6-3-7-11-18/h2-11,19-20,22H,12-15H2,1H3/t19-,20+/m0/s1. The Balaban J connectivity index is 1.47. The summed E-state index contributed by atoms with van der Waals surface area (Å²) in [6, 6.07) is 21.8. The normalized spacial score (nSPS) is 20.5. The molecule has 2 atom stereocenters. The minimum absolute atomic E-state index is 0.361. The van der Waals surface area contributed by atoms with E-state index < -0.39 is 0 Å². The van der Waals surface area contributed by atoms with E-state index in [1.165, 1.54) is 11.1 Å². The average molecular weight is 348 g/mol. The molecule has 1 fully saturated rings. The molecule has 0 saturated carbocycles. The van der Waals surface area contributed by atoms with E-state index in [9.17, 15) is 0 Å². The van der Waals surface area contributed by atoms with E-state index in [4.69, 9.17) is 4.52 Å². The van der Waals surface area contributed by atoms with Gasteiger partial charge < -0.3 is 9.84 Å². The lowest BCUT2D eigenvalue weighted by Crippen LogP contribution is -2.35. The Hall–Kier alpha value is -2.50. The first-order valence-corrected chi connectivity index (χ1v) is 9.12. The van der Waals surface area contributed by atoms with E-state index in [0.29, 0.717) is 24.4 Å². The maximum absolute atomic E-state index is 5.08. The largest absolute Gasteiger partial charge is 0.340 e. The van der Waals surface area contributed by atoms with Crippen molar-refractivity contribution < 1.29 is 4.52 Å². The first-order valence-electron chi connectivity index (χ1n) is 9.12. The van der Waals surface area contributed by atoms with Crippen LogP contribution in [0.4, 0.5) is 0 Å². The fourth-order valence-electron chi connectivity index (χ4n) is 3.74. The van der Waals surface area contributed by atoms with Crippen molar-refractivity contribution in [2.75, 3.05) is 13.1 Å². The summed E-state index contributed by atoms with van der Waals surface area (Å²) < 4.78 is 5.08. The smallest absolute Gasteiger partial charge is 0.223 e. The molecule has 4 rings (SSSR count). The molecule has 1 aliphatic heterocycles. The number of nitrogens with zero attached hydrogens (tertiary/aromatic N) is 3. The number of hydrogen-bond donors (Lipinski definition) is 1. The third-order valence-corrected chi connectivity index (χ3v) is 4.96. The van der Waals surface area contributed by atoms with Crippen LogP contribution in [0.1, 0.15) is 28.8 Å². The molecule has 5 nitrogen and oxygen atoms in total. The van der Waals surface area contributed by atoms with E-state index in [1.54, 1.807) is 0 Å². The van der Waals surface area contributed by atoms with Gasteiger partial charge in [0.2, 0.25) is 5.89 Å². The molecule has 0 unspecified atom stereocenters. The zero-order valence-electron chi connectivity index (χ0n) is 15.0. The lowest BCUT2D eigenvalue weighted by Gasteiger charge is -2.19. The topological polar surface area (TPSA) is 54.2 Å². The Morgan fingerprint density at radius 3 is 2.46 bits per heavy atom. The highest BCUT2D eigenvalue weighted by atomic mass is 16.5. The summed E-state index contributed by atoms with van der Waals surface area (Å²) in [6.45, 7) is 5.47. The summed E-state index contributed by atoms with van der Waals surface area (Å²) >= 11 is 0. The Kier molecular flexibility index (Phi) is 5.09. The summed E-state index contributed by atoms with van der Waals surface area (Å²) in [5.74, 6) is 1.78. The number of likely N-dealkylation sites (tertiary alicyclic amines) is 1. The predicted octanol–water partition coefficient (Wildman–Crippen LogP) is 3.14. The van der Waals surface area contributed by atoms with Gasteiger partial charge in [-0.15, -0.1) is 0 Å². The molecule has 2 heterocycles. The summed E-state index contributed by atoms with van der Waals surface area (Å²) in [5, 5.41) is 7.65. The minimum atomic E-state index is 0.361. The maximum atomic E-state index is 5.08. The molecule has 2 aromatic carbocycles. The molecular weight excluding hydrogens is 324 g/mol. The van der Waals surface area contributed by atoms with Crippen molar-refractivity contribution >= 4 is 0 Å². The van der Waals surface area contributed by atoms with Crippen molar-refractivity contribution in [2.45, 2.75) is 32.0 Å². The van der Waals surface area contributed by atoms with Crippen molar-refractivity contribution in [3.63, 3.8) is 0 Å². The Morgan fingerprint density at radius 2 is 1.77 bits per heavy atom. The monoisotopic (exact) mass is 348 g/mol. The van der Waals surface area contributed by atoms with Crippen LogP contribution in [0.2, 0.25) is 0 Å². The number of benzene rings is 2. The van der Waals surface area contributed by atoms with Crippen LogP contribution < -0.4 is 5.32 Å². The van der Waals surface area contributed by atoms with Crippen molar-refractivity contribution in [3.05, 3.63) is 83.5 Å². The lowest BCUT2D eigenvalue weighted by atomic mass is 9.94. The molecule has 0 aliphatic carbocycles. The van der Waals surface area contributed by atoms with Gasteiger partial charge in [0.25, 0.3) is 0 Å². The molecular formula is C21H24N4O. The van der Waals surface area contributed by atoms with Gasteiger partial charge in [0, 0.05) is 38.5 Å². The Labute approximate surface area is 154 Å². The molecule has 26 heavy (non-hydrogen) atoms. The molecule has 1 aromatic heterocycles. The number of hydrogen-bond acceptors (Lipinski definition) is 5. The maximum Gasteiger partial charge on any atom is 0.223 e. The van der Waals surface area contributed by atoms with Crippen LogP contribution in [-0.2, 0) is 13.1 Å². The molecule has 1 saturated heterocycles. The third kappa shape index (κ3) is 4.00. The van der Waals surface area contributed by atoms with E-state index >= 15 is 0 Å². The van der Waals surface area contributed by atoms with Crippen LogP contribution in [-0.4, -0.2) is 34.2 Å². The van der Waals surface area contributed by atoms with Crippen molar-refractivity contribution in [2.24, 2.45) is 0 Å². The number of nitrogens with one attached hydrogen (secondary N) is 1. The van der Waals surface area contributed by atoms with Gasteiger partial charge >= 0.3 is 0 Å². The highest BCUT2D eigenvalue weighted by Gasteiger charge is 2.33. The van der Waals surface area contributed by atoms with Gasteiger partial charge in [-0.05, 0) is 11.1 Å². The van der Waals surface area contributed by atoms with Crippen molar-refractivity contribution in [1.29, 1.82) is 0 Å². The fourth-order valence-corrected chi connectivity index (χ4v) is 3.74. The highest BCUT2D eigenvalue weighted by molar-refractivity contribution is 5.24. The molecule has 0 amide bonds. The number of aryl methyl sites for hydroxylation is 1. The molecule has 3 aromatic rings. The van der Waals surface area contributed by atoms with Gasteiger partial charge in [-0.3, -0.25) is 4.90 Å². The van der Waals surface area contributed by atoms with Gasteiger partial charge in [-0.1, -0.05) is 65.8 Å². The summed E-state index contributed by atoms with van der Waals surface area (Å²) in [4.78, 5) is 6.82. The van der Waals surface area contributed by atoms with Crippen LogP contribution in [0.5, 0.6) is 0 Å². The average Bonchev–Trinajstić information content (AvgIpc) is 3.27. The Bertz CT molecular complexity index is 818. The van der Waals surface area contributed by atoms with Gasteiger partial charge in [0.05, 0.1) is 6.54 Å². The summed E-state index contributed by atoms with van der Waals surface area (Å²) in [5.41, 5.74) is 2.73. The predicted molar refractivity (Wildman–Crippen MR) is 101 cm³/mol. The van der Waals surface area contributed by atoms with Crippen molar-refractivity contribution in [3.8, 4) is 0 Å². The fraction of sp³-hybridized carbons (Fsp3) is 0.333. The number of rotatable bonds is 6. The molecule has 1 aliphatic rings. The lowest BCUT2D eigenvalue weighted by molar-refractivity contribution is 0.317. The summed E-state index contributed by atoms with van der Waals surface area (Å²) in [7, 11) is 0. The molecule has 0 bridgehead atoms. The SMILES string of the molecule is Cc1nc(CN[C@@H]2CN(Cc3ccccc3)C[C@H]2c2ccccc2)no1. The summed E-state index contributed by atoms with van der Waals surface area (Å²) in [6.07, 6.45) is 0. The van der Waals surface area contributed by atoms with E-state index in [-0.39, 0.29) is 0 Å². The second kappa shape index (κ2) is 7.81. The highest BCUT2D eigenvalue weighted by Crippen LogP contribution is 2.29. The van der Waals surface area contributed by atoms with Crippen LogP contribution in [0, 0.1) is 6.92 Å². The van der Waals surface area contributed by atoms with Crippen LogP contribution in [0.15, 0.2) is 65.2 Å². The van der Waals surface area contributed by atoms with Gasteiger partial charge in [-0.25, -0.2) is 0 Å². The molecule has 0 spiro atoms. The minimum Gasteiger partial charge on any atom is -0.340 e. The molecule has 134 valence electrons. The van der Waals surface area contributed by atoms with Crippen LogP contribution in [0.3, 0.4) is 0 Å². The number of aromatic nitrogens is 2. The third-order valence-electron chi connectivity index (χ3n) is 4.96. The molecule has 5 heteroatoms. The zero-order chi connectivity index (χ0) is 17.8. The first-order chi connectivity index (χ1) is 12.8. The van der Waals surface area contributed by atoms with E-state index in [0.717, 1.165) is 25.5 Å². The van der Waals surface area contributed by atoms with E-state index in [2.05, 4.69) is 81.0 Å². The van der Waals surface area contributed by atoms with Gasteiger partial charge in [-0.2, -0.15) is 4.98 Å². The van der Waals surface area contributed by atoms with Crippen LogP contribution >= 0.6 is 0 Å². The molecule has 0 radical (unpaired) electrons. The first kappa shape index (κ1) is 16.9. The van der Waals surface area contributed by atoms with Gasteiger partial charge in [0.1, 0.15) is 0 Å². The second-order valence-corrected chi connectivity index (χ2v) is 6.91. The quantitative estimate of drug-likeness (QED) is 0.742. The zero-order valence-corrected chi connectivity index (χ0v) is 15.0. The molecule has 1 N–H and O–H groups in total. The van der Waals surface area contributed by atoms with Crippen molar-refractivity contribution in [1.82, 2.24) is 20.4 Å². The second-order valence-electron chi connectivity index (χ2n) is 6.91. The van der Waals surface area contributed by atoms with E-state index in [1.807, 2.05) is 6.92 Å². The van der Waals surface area contributed by atoms with Crippen LogP contribution in [0.25, 0.3) is 0 Å².